The molecule has 0 bridgehead atoms. The smallest absolute Gasteiger partial charge is 0.338 e. The van der Waals surface area contributed by atoms with Crippen LogP contribution in [0.4, 0.5) is 4.39 Å². The number of hydrogen-bond donors (Lipinski definition) is 0. The molecular weight excluding hydrogens is 639 g/mol. The van der Waals surface area contributed by atoms with Crippen LogP contribution in [-0.2, 0) is 16.1 Å². The maximum Gasteiger partial charge on any atom is 0.338 e. The first-order valence-electron chi connectivity index (χ1n) is 13.3. The number of halogens is 2. The Kier molecular flexibility index (Phi) is 9.12. The van der Waals surface area contributed by atoms with Crippen molar-refractivity contribution in [1.82, 2.24) is 4.57 Å². The number of esters is 1. The number of ether oxygens (including phenoxy) is 4. The van der Waals surface area contributed by atoms with Crippen molar-refractivity contribution in [2.24, 2.45) is 4.99 Å². The standard InChI is InChI=1S/C32H28BrFN2O6S/c1-5-41-31(38)28-18(2)35-32-36(29(28)23-15-25(39-3)26(40-4)16-24(23)33)30(37)27(43-32)14-19-8-12-22(13-9-19)42-17-20-6-10-21(34)11-7-20/h6-16,29H,5,17H2,1-4H3/b27-14-/t29-/m1/s1. The van der Waals surface area contributed by atoms with Gasteiger partial charge in [-0.25, -0.2) is 14.2 Å². The first-order valence-corrected chi connectivity index (χ1v) is 14.9. The number of hydrogen-bond acceptors (Lipinski definition) is 8. The molecule has 0 spiro atoms. The predicted octanol–water partition coefficient (Wildman–Crippen LogP) is 5.30. The highest BCUT2D eigenvalue weighted by Gasteiger charge is 2.35. The zero-order valence-electron chi connectivity index (χ0n) is 23.9. The molecule has 0 saturated heterocycles. The van der Waals surface area contributed by atoms with E-state index in [1.165, 1.54) is 42.3 Å². The fourth-order valence-electron chi connectivity index (χ4n) is 4.72. The Morgan fingerprint density at radius 1 is 1.07 bits per heavy atom. The van der Waals surface area contributed by atoms with Gasteiger partial charge in [-0.3, -0.25) is 9.36 Å². The van der Waals surface area contributed by atoms with Crippen LogP contribution in [0.15, 0.2) is 86.2 Å². The van der Waals surface area contributed by atoms with Gasteiger partial charge in [0.2, 0.25) is 0 Å². The van der Waals surface area contributed by atoms with Crippen LogP contribution in [0.1, 0.15) is 36.6 Å². The summed E-state index contributed by atoms with van der Waals surface area (Å²) in [5.41, 5.74) is 2.66. The number of nitrogens with zero attached hydrogens (tertiary/aromatic N) is 2. The van der Waals surface area contributed by atoms with Crippen molar-refractivity contribution in [3.8, 4) is 17.2 Å². The Morgan fingerprint density at radius 3 is 2.40 bits per heavy atom. The summed E-state index contributed by atoms with van der Waals surface area (Å²) in [6.45, 7) is 3.93. The Balaban J connectivity index is 1.55. The molecule has 8 nitrogen and oxygen atoms in total. The van der Waals surface area contributed by atoms with Gasteiger partial charge >= 0.3 is 5.97 Å². The molecule has 4 aromatic rings. The number of carbonyl (C=O) groups excluding carboxylic acids is 1. The summed E-state index contributed by atoms with van der Waals surface area (Å²) < 4.78 is 37.9. The molecule has 0 amide bonds. The normalized spacial score (nSPS) is 14.7. The summed E-state index contributed by atoms with van der Waals surface area (Å²) in [4.78, 5) is 32.3. The Morgan fingerprint density at radius 2 is 1.74 bits per heavy atom. The summed E-state index contributed by atoms with van der Waals surface area (Å²) in [7, 11) is 3.05. The first kappa shape index (κ1) is 30.2. The van der Waals surface area contributed by atoms with E-state index in [4.69, 9.17) is 18.9 Å². The number of methoxy groups -OCH3 is 2. The van der Waals surface area contributed by atoms with Gasteiger partial charge in [0.05, 0.1) is 42.7 Å². The lowest BCUT2D eigenvalue weighted by atomic mass is 9.95. The summed E-state index contributed by atoms with van der Waals surface area (Å²) in [6.07, 6.45) is 1.78. The average Bonchev–Trinajstić information content (AvgIpc) is 3.30. The van der Waals surface area contributed by atoms with Crippen molar-refractivity contribution in [2.45, 2.75) is 26.5 Å². The predicted molar refractivity (Wildman–Crippen MR) is 165 cm³/mol. The minimum atomic E-state index is -0.825. The van der Waals surface area contributed by atoms with Gasteiger partial charge < -0.3 is 18.9 Å². The quantitative estimate of drug-likeness (QED) is 0.226. The van der Waals surface area contributed by atoms with Crippen LogP contribution >= 0.6 is 27.3 Å². The van der Waals surface area contributed by atoms with Gasteiger partial charge in [-0.1, -0.05) is 51.5 Å². The highest BCUT2D eigenvalue weighted by molar-refractivity contribution is 9.10. The van der Waals surface area contributed by atoms with Crippen LogP contribution in [0.3, 0.4) is 0 Å². The summed E-state index contributed by atoms with van der Waals surface area (Å²) in [5.74, 6) is 0.724. The highest BCUT2D eigenvalue weighted by Crippen LogP contribution is 2.40. The van der Waals surface area contributed by atoms with Crippen molar-refractivity contribution in [3.63, 3.8) is 0 Å². The third kappa shape index (κ3) is 6.28. The lowest BCUT2D eigenvalue weighted by Crippen LogP contribution is -2.40. The Labute approximate surface area is 259 Å². The Bertz CT molecular complexity index is 1880. The second kappa shape index (κ2) is 13.0. The SMILES string of the molecule is CCOC(=O)C1=C(C)N=c2s/c(=C\c3ccc(OCc4ccc(F)cc4)cc3)c(=O)n2[C@@H]1c1cc(OC)c(OC)cc1Br. The van der Waals surface area contributed by atoms with Crippen LogP contribution in [0.2, 0.25) is 0 Å². The number of rotatable bonds is 9. The molecule has 5 rings (SSSR count). The van der Waals surface area contributed by atoms with Crippen molar-refractivity contribution in [2.75, 3.05) is 20.8 Å². The van der Waals surface area contributed by atoms with Crippen LogP contribution < -0.4 is 29.1 Å². The van der Waals surface area contributed by atoms with Crippen LogP contribution in [0, 0.1) is 5.82 Å². The van der Waals surface area contributed by atoms with Gasteiger partial charge in [0.25, 0.3) is 5.56 Å². The summed E-state index contributed by atoms with van der Waals surface area (Å²) in [6, 6.07) is 16.1. The van der Waals surface area contributed by atoms with E-state index in [1.54, 1.807) is 56.3 Å². The number of fused-ring (bicyclic) bond motifs is 1. The third-order valence-electron chi connectivity index (χ3n) is 6.81. The lowest BCUT2D eigenvalue weighted by Gasteiger charge is -2.26. The van der Waals surface area contributed by atoms with Gasteiger partial charge in [-0.2, -0.15) is 0 Å². The lowest BCUT2D eigenvalue weighted by molar-refractivity contribution is -0.139. The van der Waals surface area contributed by atoms with E-state index in [9.17, 15) is 14.0 Å². The fraction of sp³-hybridized carbons (Fsp3) is 0.219. The molecular formula is C32H28BrFN2O6S. The molecule has 1 aliphatic heterocycles. The van der Waals surface area contributed by atoms with Gasteiger partial charge in [0.1, 0.15) is 18.2 Å². The molecule has 2 heterocycles. The molecule has 3 aromatic carbocycles. The van der Waals surface area contributed by atoms with Crippen molar-refractivity contribution in [3.05, 3.63) is 119 Å². The van der Waals surface area contributed by atoms with E-state index in [-0.39, 0.29) is 23.6 Å². The van der Waals surface area contributed by atoms with E-state index in [0.29, 0.717) is 48.9 Å². The fourth-order valence-corrected chi connectivity index (χ4v) is 6.31. The van der Waals surface area contributed by atoms with Crippen molar-refractivity contribution >= 4 is 39.3 Å². The topological polar surface area (TPSA) is 88.4 Å². The number of benzene rings is 3. The highest BCUT2D eigenvalue weighted by atomic mass is 79.9. The molecule has 0 aliphatic carbocycles. The van der Waals surface area contributed by atoms with E-state index in [2.05, 4.69) is 20.9 Å². The molecule has 0 radical (unpaired) electrons. The van der Waals surface area contributed by atoms with Gasteiger partial charge in [0.15, 0.2) is 16.3 Å². The summed E-state index contributed by atoms with van der Waals surface area (Å²) >= 11 is 4.84. The molecule has 0 fully saturated rings. The Hall–Kier alpha value is -4.22. The van der Waals surface area contributed by atoms with Crippen molar-refractivity contribution in [1.29, 1.82) is 0 Å². The van der Waals surface area contributed by atoms with E-state index in [0.717, 1.165) is 11.1 Å². The van der Waals surface area contributed by atoms with Crippen LogP contribution in [0.25, 0.3) is 6.08 Å². The van der Waals surface area contributed by atoms with E-state index < -0.39 is 12.0 Å². The molecule has 222 valence electrons. The minimum absolute atomic E-state index is 0.170. The second-order valence-corrected chi connectivity index (χ2v) is 11.4. The monoisotopic (exact) mass is 666 g/mol. The number of carbonyl (C=O) groups is 1. The minimum Gasteiger partial charge on any atom is -0.493 e. The molecule has 0 saturated carbocycles. The van der Waals surface area contributed by atoms with Gasteiger partial charge in [-0.05, 0) is 73.0 Å². The molecule has 0 N–H and O–H groups in total. The maximum atomic E-state index is 14.0. The number of aromatic nitrogens is 1. The van der Waals surface area contributed by atoms with Crippen molar-refractivity contribution < 1.29 is 28.1 Å². The largest absolute Gasteiger partial charge is 0.493 e. The molecule has 11 heteroatoms. The number of thiazole rings is 1. The zero-order chi connectivity index (χ0) is 30.7. The van der Waals surface area contributed by atoms with E-state index in [1.807, 2.05) is 12.1 Å². The molecule has 43 heavy (non-hydrogen) atoms. The molecule has 1 aromatic heterocycles. The maximum absolute atomic E-state index is 14.0. The van der Waals surface area contributed by atoms with Crippen LogP contribution in [0.5, 0.6) is 17.2 Å². The zero-order valence-corrected chi connectivity index (χ0v) is 26.3. The average molecular weight is 668 g/mol. The third-order valence-corrected chi connectivity index (χ3v) is 8.48. The molecule has 1 aliphatic rings. The van der Waals surface area contributed by atoms with E-state index >= 15 is 0 Å². The van der Waals surface area contributed by atoms with Gasteiger partial charge in [0, 0.05) is 4.47 Å². The van der Waals surface area contributed by atoms with Crippen LogP contribution in [-0.4, -0.2) is 31.4 Å². The summed E-state index contributed by atoms with van der Waals surface area (Å²) in [5, 5.41) is 0. The van der Waals surface area contributed by atoms with Gasteiger partial charge in [-0.15, -0.1) is 0 Å². The first-order chi connectivity index (χ1) is 20.7. The molecule has 1 atom stereocenters. The number of allylic oxidation sites excluding steroid dienone is 1. The second-order valence-electron chi connectivity index (χ2n) is 9.52. The molecule has 0 unspecified atom stereocenters.